The van der Waals surface area contributed by atoms with E-state index in [0.29, 0.717) is 19.3 Å². The molecule has 0 unspecified atom stereocenters. The highest BCUT2D eigenvalue weighted by Crippen LogP contribution is 2.17. The average molecular weight is 835 g/mol. The maximum Gasteiger partial charge on any atom is 0.306 e. The van der Waals surface area contributed by atoms with E-state index >= 15 is 0 Å². The van der Waals surface area contributed by atoms with Gasteiger partial charge in [0.05, 0.1) is 0 Å². The van der Waals surface area contributed by atoms with Gasteiger partial charge in [-0.1, -0.05) is 253 Å². The van der Waals surface area contributed by atoms with Gasteiger partial charge >= 0.3 is 17.9 Å². The van der Waals surface area contributed by atoms with Crippen LogP contribution in [0.15, 0.2) is 0 Å². The summed E-state index contributed by atoms with van der Waals surface area (Å²) in [5.74, 6) is 0.824. The third-order valence-corrected chi connectivity index (χ3v) is 12.0. The van der Waals surface area contributed by atoms with Crippen LogP contribution in [0.4, 0.5) is 0 Å². The Labute approximate surface area is 368 Å². The number of ether oxygens (including phenoxy) is 3. The summed E-state index contributed by atoms with van der Waals surface area (Å²) in [5, 5.41) is 0. The fourth-order valence-corrected chi connectivity index (χ4v) is 7.99. The quantitative estimate of drug-likeness (QED) is 0.0345. The van der Waals surface area contributed by atoms with Crippen molar-refractivity contribution in [2.75, 3.05) is 13.2 Å². The van der Waals surface area contributed by atoms with E-state index in [1.165, 1.54) is 180 Å². The Morgan fingerprint density at radius 3 is 0.831 bits per heavy atom. The summed E-state index contributed by atoms with van der Waals surface area (Å²) < 4.78 is 16.8. The largest absolute Gasteiger partial charge is 0.462 e. The predicted molar refractivity (Wildman–Crippen MR) is 252 cm³/mol. The minimum absolute atomic E-state index is 0.0635. The van der Waals surface area contributed by atoms with Crippen LogP contribution in [0.2, 0.25) is 0 Å². The van der Waals surface area contributed by atoms with E-state index in [9.17, 15) is 14.4 Å². The zero-order valence-corrected chi connectivity index (χ0v) is 40.4. The van der Waals surface area contributed by atoms with Crippen LogP contribution in [0.1, 0.15) is 291 Å². The maximum absolute atomic E-state index is 12.8. The Balaban J connectivity index is 4.28. The number of unbranched alkanes of at least 4 members (excludes halogenated alkanes) is 32. The van der Waals surface area contributed by atoms with Gasteiger partial charge in [0.2, 0.25) is 0 Å². The topological polar surface area (TPSA) is 78.9 Å². The molecule has 59 heavy (non-hydrogen) atoms. The van der Waals surface area contributed by atoms with Crippen molar-refractivity contribution >= 4 is 17.9 Å². The van der Waals surface area contributed by atoms with Gasteiger partial charge in [-0.05, 0) is 31.1 Å². The fourth-order valence-electron chi connectivity index (χ4n) is 7.99. The number of carbonyl (C=O) groups excluding carboxylic acids is 3. The molecule has 0 saturated carbocycles. The lowest BCUT2D eigenvalue weighted by Crippen LogP contribution is -2.30. The molecule has 0 aliphatic carbocycles. The molecule has 1 atom stereocenters. The van der Waals surface area contributed by atoms with E-state index in [4.69, 9.17) is 14.2 Å². The van der Waals surface area contributed by atoms with Crippen molar-refractivity contribution in [1.29, 1.82) is 0 Å². The molecule has 0 aromatic heterocycles. The minimum Gasteiger partial charge on any atom is -0.462 e. The van der Waals surface area contributed by atoms with Gasteiger partial charge in [-0.15, -0.1) is 0 Å². The van der Waals surface area contributed by atoms with E-state index in [1.807, 2.05) is 0 Å². The van der Waals surface area contributed by atoms with Crippen LogP contribution < -0.4 is 0 Å². The molecule has 0 fully saturated rings. The first-order chi connectivity index (χ1) is 28.7. The van der Waals surface area contributed by atoms with Gasteiger partial charge in [0.25, 0.3) is 0 Å². The molecule has 0 aliphatic heterocycles. The first kappa shape index (κ1) is 57.4. The van der Waals surface area contributed by atoms with Crippen molar-refractivity contribution in [2.24, 2.45) is 11.8 Å². The molecule has 0 N–H and O–H groups in total. The number of rotatable bonds is 47. The summed E-state index contributed by atoms with van der Waals surface area (Å²) >= 11 is 0. The van der Waals surface area contributed by atoms with E-state index in [2.05, 4.69) is 34.6 Å². The Bertz CT molecular complexity index is 900. The van der Waals surface area contributed by atoms with Gasteiger partial charge in [0, 0.05) is 19.3 Å². The van der Waals surface area contributed by atoms with Crippen LogP contribution in [0.25, 0.3) is 0 Å². The lowest BCUT2D eigenvalue weighted by Gasteiger charge is -2.18. The zero-order valence-electron chi connectivity index (χ0n) is 40.4. The Hall–Kier alpha value is -1.59. The molecule has 0 aliphatic rings. The van der Waals surface area contributed by atoms with E-state index in [-0.39, 0.29) is 31.1 Å². The average Bonchev–Trinajstić information content (AvgIpc) is 3.20. The van der Waals surface area contributed by atoms with Crippen molar-refractivity contribution in [3.05, 3.63) is 0 Å². The molecule has 6 nitrogen and oxygen atoms in total. The monoisotopic (exact) mass is 835 g/mol. The molecule has 0 saturated heterocycles. The molecule has 0 spiro atoms. The molecule has 6 heteroatoms. The van der Waals surface area contributed by atoms with Crippen LogP contribution in [0.3, 0.4) is 0 Å². The minimum atomic E-state index is -0.761. The molecule has 0 aromatic carbocycles. The third kappa shape index (κ3) is 47.3. The zero-order chi connectivity index (χ0) is 43.3. The molecule has 0 amide bonds. The Kier molecular flexibility index (Phi) is 44.7. The Morgan fingerprint density at radius 1 is 0.322 bits per heavy atom. The second kappa shape index (κ2) is 45.9. The smallest absolute Gasteiger partial charge is 0.306 e. The molecule has 0 aromatic rings. The molecule has 350 valence electrons. The lowest BCUT2D eigenvalue weighted by atomic mass is 10.0. The lowest BCUT2D eigenvalue weighted by molar-refractivity contribution is -0.167. The number of esters is 3. The van der Waals surface area contributed by atoms with Gasteiger partial charge < -0.3 is 14.2 Å². The summed E-state index contributed by atoms with van der Waals surface area (Å²) in [5.41, 5.74) is 0. The highest BCUT2D eigenvalue weighted by molar-refractivity contribution is 5.71. The van der Waals surface area contributed by atoms with Crippen LogP contribution in [-0.4, -0.2) is 37.2 Å². The van der Waals surface area contributed by atoms with Gasteiger partial charge in [0.1, 0.15) is 13.2 Å². The predicted octanol–water partition coefficient (Wildman–Crippen LogP) is 16.9. The summed E-state index contributed by atoms with van der Waals surface area (Å²) in [4.78, 5) is 37.9. The second-order valence-electron chi connectivity index (χ2n) is 19.1. The first-order valence-electron chi connectivity index (χ1n) is 26.2. The molecule has 0 bridgehead atoms. The van der Waals surface area contributed by atoms with Crippen molar-refractivity contribution in [3.63, 3.8) is 0 Å². The summed E-state index contributed by atoms with van der Waals surface area (Å²) in [6.45, 7) is 11.4. The molecular formula is C53H102O6. The second-order valence-corrected chi connectivity index (χ2v) is 19.1. The standard InChI is InChI=1S/C53H102O6/c1-6-7-8-9-10-11-23-28-33-38-43-51(54)57-46-50(59-53(56)45-40-35-30-25-20-16-15-18-22-27-32-37-42-49(4)5)47-58-52(55)44-39-34-29-24-19-14-12-13-17-21-26-31-36-41-48(2)3/h48-50H,6-47H2,1-5H3/t50-/m1/s1. The number of carbonyl (C=O) groups is 3. The van der Waals surface area contributed by atoms with Gasteiger partial charge in [-0.3, -0.25) is 14.4 Å². The number of hydrogen-bond acceptors (Lipinski definition) is 6. The van der Waals surface area contributed by atoms with Crippen molar-refractivity contribution < 1.29 is 28.6 Å². The van der Waals surface area contributed by atoms with Crippen molar-refractivity contribution in [3.8, 4) is 0 Å². The summed E-state index contributed by atoms with van der Waals surface area (Å²) in [6, 6.07) is 0. The highest BCUT2D eigenvalue weighted by Gasteiger charge is 2.19. The van der Waals surface area contributed by atoms with Crippen molar-refractivity contribution in [2.45, 2.75) is 298 Å². The molecular weight excluding hydrogens is 733 g/mol. The first-order valence-corrected chi connectivity index (χ1v) is 26.2. The SMILES string of the molecule is CCCCCCCCCCCCC(=O)OC[C@H](COC(=O)CCCCCCCCCCCCCCCC(C)C)OC(=O)CCCCCCCCCCCCCCC(C)C. The van der Waals surface area contributed by atoms with Gasteiger partial charge in [0.15, 0.2) is 6.10 Å². The normalized spacial score (nSPS) is 12.1. The van der Waals surface area contributed by atoms with Crippen LogP contribution in [0.5, 0.6) is 0 Å². The van der Waals surface area contributed by atoms with E-state index < -0.39 is 6.10 Å². The number of hydrogen-bond donors (Lipinski definition) is 0. The third-order valence-electron chi connectivity index (χ3n) is 12.0. The van der Waals surface area contributed by atoms with Crippen LogP contribution in [0, 0.1) is 11.8 Å². The Morgan fingerprint density at radius 2 is 0.559 bits per heavy atom. The summed E-state index contributed by atoms with van der Waals surface area (Å²) in [7, 11) is 0. The van der Waals surface area contributed by atoms with Gasteiger partial charge in [-0.2, -0.15) is 0 Å². The van der Waals surface area contributed by atoms with Crippen molar-refractivity contribution in [1.82, 2.24) is 0 Å². The maximum atomic E-state index is 12.8. The molecule has 0 rings (SSSR count). The van der Waals surface area contributed by atoms with E-state index in [1.54, 1.807) is 0 Å². The van der Waals surface area contributed by atoms with Gasteiger partial charge in [-0.25, -0.2) is 0 Å². The highest BCUT2D eigenvalue weighted by atomic mass is 16.6. The fraction of sp³-hybridized carbons (Fsp3) is 0.943. The molecule has 0 radical (unpaired) electrons. The van der Waals surface area contributed by atoms with E-state index in [0.717, 1.165) is 69.6 Å². The van der Waals surface area contributed by atoms with Crippen LogP contribution >= 0.6 is 0 Å². The van der Waals surface area contributed by atoms with Crippen LogP contribution in [-0.2, 0) is 28.6 Å². The molecule has 0 heterocycles. The summed E-state index contributed by atoms with van der Waals surface area (Å²) in [6.07, 6.45) is 46.6.